The van der Waals surface area contributed by atoms with Gasteiger partial charge in [0.2, 0.25) is 0 Å². The van der Waals surface area contributed by atoms with Crippen molar-refractivity contribution in [1.29, 1.82) is 0 Å². The molecule has 5 heteroatoms. The zero-order valence-electron chi connectivity index (χ0n) is 10.3. The van der Waals surface area contributed by atoms with Gasteiger partial charge in [-0.1, -0.05) is 26.0 Å². The summed E-state index contributed by atoms with van der Waals surface area (Å²) in [6.07, 6.45) is 5.75. The first-order valence-electron chi connectivity index (χ1n) is 5.30. The van der Waals surface area contributed by atoms with Crippen molar-refractivity contribution < 1.29 is 17.4 Å². The first kappa shape index (κ1) is 15.3. The van der Waals surface area contributed by atoms with Gasteiger partial charge in [-0.05, 0) is 19.8 Å². The summed E-state index contributed by atoms with van der Waals surface area (Å²) in [5.74, 6) is 0.0908. The van der Waals surface area contributed by atoms with Crippen LogP contribution in [0.2, 0.25) is 0 Å². The second kappa shape index (κ2) is 6.15. The van der Waals surface area contributed by atoms with E-state index in [4.69, 9.17) is 0 Å². The molecule has 0 saturated carbocycles. The maximum absolute atomic E-state index is 11.5. The normalized spacial score (nSPS) is 13.2. The molecule has 0 amide bonds. The summed E-state index contributed by atoms with van der Waals surface area (Å²) < 4.78 is 26.0. The van der Waals surface area contributed by atoms with Crippen LogP contribution >= 0.6 is 0 Å². The minimum atomic E-state index is -3.41. The Morgan fingerprint density at radius 1 is 1.31 bits per heavy atom. The average Bonchev–Trinajstić information content (AvgIpc) is 2.17. The van der Waals surface area contributed by atoms with Crippen molar-refractivity contribution in [2.45, 2.75) is 33.6 Å². The Labute approximate surface area is 97.8 Å². The fourth-order valence-corrected chi connectivity index (χ4v) is 1.86. The van der Waals surface area contributed by atoms with Gasteiger partial charge in [0, 0.05) is 5.41 Å². The molecule has 0 spiro atoms. The molecule has 0 aliphatic rings. The lowest BCUT2D eigenvalue weighted by molar-refractivity contribution is -0.124. The molecule has 4 nitrogen and oxygen atoms in total. The number of rotatable bonds is 7. The van der Waals surface area contributed by atoms with E-state index < -0.39 is 15.5 Å². The highest BCUT2D eigenvalue weighted by Crippen LogP contribution is 2.29. The van der Waals surface area contributed by atoms with Crippen LogP contribution in [0.5, 0.6) is 0 Å². The Bertz CT molecular complexity index is 350. The van der Waals surface area contributed by atoms with Crippen LogP contribution in [0.4, 0.5) is 0 Å². The number of Topliss-reactive ketones (excluding diaryl/α,β-unsaturated/α-hetero) is 1. The zero-order valence-corrected chi connectivity index (χ0v) is 11.1. The van der Waals surface area contributed by atoms with Gasteiger partial charge in [-0.25, -0.2) is 0 Å². The highest BCUT2D eigenvalue weighted by atomic mass is 32.2. The van der Waals surface area contributed by atoms with Crippen molar-refractivity contribution >= 4 is 15.9 Å². The van der Waals surface area contributed by atoms with E-state index in [1.165, 1.54) is 0 Å². The van der Waals surface area contributed by atoms with Crippen LogP contribution in [0.3, 0.4) is 0 Å². The Kier molecular flexibility index (Phi) is 5.89. The molecule has 0 radical (unpaired) electrons. The third-order valence-corrected chi connectivity index (χ3v) is 3.34. The zero-order chi connectivity index (χ0) is 12.8. The highest BCUT2D eigenvalue weighted by molar-refractivity contribution is 7.85. The Morgan fingerprint density at radius 3 is 2.12 bits per heavy atom. The van der Waals surface area contributed by atoms with Crippen molar-refractivity contribution in [3.63, 3.8) is 0 Å². The van der Waals surface area contributed by atoms with Crippen LogP contribution in [0.15, 0.2) is 12.2 Å². The minimum absolute atomic E-state index is 0.0200. The molecule has 0 aromatic heterocycles. The first-order valence-corrected chi connectivity index (χ1v) is 7.12. The van der Waals surface area contributed by atoms with Crippen LogP contribution in [0.1, 0.15) is 33.6 Å². The summed E-state index contributed by atoms with van der Waals surface area (Å²) in [6, 6.07) is 0. The van der Waals surface area contributed by atoms with E-state index in [-0.39, 0.29) is 12.4 Å². The van der Waals surface area contributed by atoms with Gasteiger partial charge >= 0.3 is 0 Å². The molecule has 0 aliphatic heterocycles. The molecule has 0 bridgehead atoms. The van der Waals surface area contributed by atoms with Crippen LogP contribution < -0.4 is 0 Å². The van der Waals surface area contributed by atoms with Crippen LogP contribution in [0, 0.1) is 5.41 Å². The molecule has 0 unspecified atom stereocenters. The SMILES string of the molecule is CCC(/C=C/COS(C)(=O)=O)(CC)C(C)=O. The summed E-state index contributed by atoms with van der Waals surface area (Å²) in [5, 5.41) is 0. The molecule has 0 aromatic rings. The molecule has 0 saturated heterocycles. The number of carbonyl (C=O) groups is 1. The standard InChI is InChI=1S/C11H20O4S/c1-5-11(6-2,10(3)12)8-7-9-15-16(4,13)14/h7-8H,5-6,9H2,1-4H3/b8-7+. The average molecular weight is 248 g/mol. The van der Waals surface area contributed by atoms with Gasteiger partial charge in [-0.2, -0.15) is 8.42 Å². The quantitative estimate of drug-likeness (QED) is 0.510. The number of ketones is 1. The summed E-state index contributed by atoms with van der Waals surface area (Å²) in [5.41, 5.74) is -0.485. The topological polar surface area (TPSA) is 60.4 Å². The molecule has 0 aromatic carbocycles. The van der Waals surface area contributed by atoms with Gasteiger partial charge in [-0.15, -0.1) is 0 Å². The molecule has 0 heterocycles. The summed E-state index contributed by atoms with van der Waals surface area (Å²) >= 11 is 0. The third kappa shape index (κ3) is 4.90. The lowest BCUT2D eigenvalue weighted by atomic mass is 9.78. The number of carbonyl (C=O) groups excluding carboxylic acids is 1. The molecular weight excluding hydrogens is 228 g/mol. The van der Waals surface area contributed by atoms with Gasteiger partial charge < -0.3 is 0 Å². The smallest absolute Gasteiger partial charge is 0.264 e. The molecule has 94 valence electrons. The molecule has 0 rings (SSSR count). The van der Waals surface area contributed by atoms with E-state index in [9.17, 15) is 13.2 Å². The van der Waals surface area contributed by atoms with Crippen LogP contribution in [0.25, 0.3) is 0 Å². The molecular formula is C11H20O4S. The lowest BCUT2D eigenvalue weighted by Gasteiger charge is -2.24. The van der Waals surface area contributed by atoms with Gasteiger partial charge in [-0.3, -0.25) is 8.98 Å². The van der Waals surface area contributed by atoms with E-state index >= 15 is 0 Å². The third-order valence-electron chi connectivity index (χ3n) is 2.78. The number of hydrogen-bond donors (Lipinski definition) is 0. The van der Waals surface area contributed by atoms with Crippen molar-refractivity contribution in [3.05, 3.63) is 12.2 Å². The summed E-state index contributed by atoms with van der Waals surface area (Å²) in [6.45, 7) is 5.40. The maximum Gasteiger partial charge on any atom is 0.264 e. The van der Waals surface area contributed by atoms with E-state index in [1.54, 1.807) is 19.1 Å². The van der Waals surface area contributed by atoms with Crippen LogP contribution in [-0.4, -0.2) is 27.1 Å². The number of allylic oxidation sites excluding steroid dienone is 1. The van der Waals surface area contributed by atoms with Crippen LogP contribution in [-0.2, 0) is 19.1 Å². The molecule has 16 heavy (non-hydrogen) atoms. The highest BCUT2D eigenvalue weighted by Gasteiger charge is 2.27. The van der Waals surface area contributed by atoms with E-state index in [1.807, 2.05) is 13.8 Å². The van der Waals surface area contributed by atoms with Crippen molar-refractivity contribution in [3.8, 4) is 0 Å². The van der Waals surface area contributed by atoms with E-state index in [2.05, 4.69) is 4.18 Å². The van der Waals surface area contributed by atoms with Gasteiger partial charge in [0.15, 0.2) is 0 Å². The predicted octanol–water partition coefficient (Wildman–Crippen LogP) is 1.91. The van der Waals surface area contributed by atoms with Gasteiger partial charge in [0.05, 0.1) is 12.9 Å². The molecule has 0 atom stereocenters. The van der Waals surface area contributed by atoms with Gasteiger partial charge in [0.25, 0.3) is 10.1 Å². The fourth-order valence-electron chi connectivity index (χ4n) is 1.54. The second-order valence-corrected chi connectivity index (χ2v) is 5.45. The minimum Gasteiger partial charge on any atom is -0.299 e. The molecule has 0 aliphatic carbocycles. The summed E-state index contributed by atoms with van der Waals surface area (Å²) in [7, 11) is -3.41. The first-order chi connectivity index (χ1) is 7.27. The molecule has 0 fully saturated rings. The predicted molar refractivity (Wildman–Crippen MR) is 63.6 cm³/mol. The van der Waals surface area contributed by atoms with Crippen molar-refractivity contribution in [2.75, 3.05) is 12.9 Å². The van der Waals surface area contributed by atoms with Crippen molar-refractivity contribution in [1.82, 2.24) is 0 Å². The largest absolute Gasteiger partial charge is 0.299 e. The lowest BCUT2D eigenvalue weighted by Crippen LogP contribution is -2.25. The Morgan fingerprint density at radius 2 is 1.81 bits per heavy atom. The maximum atomic E-state index is 11.5. The summed E-state index contributed by atoms with van der Waals surface area (Å²) in [4.78, 5) is 11.5. The molecule has 0 N–H and O–H groups in total. The second-order valence-electron chi connectivity index (χ2n) is 3.81. The monoisotopic (exact) mass is 248 g/mol. The van der Waals surface area contributed by atoms with E-state index in [0.29, 0.717) is 12.8 Å². The Balaban J connectivity index is 4.53. The fraction of sp³-hybridized carbons (Fsp3) is 0.727. The van der Waals surface area contributed by atoms with Crippen molar-refractivity contribution in [2.24, 2.45) is 5.41 Å². The Hall–Kier alpha value is -0.680. The van der Waals surface area contributed by atoms with E-state index in [0.717, 1.165) is 6.26 Å². The van der Waals surface area contributed by atoms with Gasteiger partial charge in [0.1, 0.15) is 5.78 Å². The number of hydrogen-bond acceptors (Lipinski definition) is 4.